The van der Waals surface area contributed by atoms with Crippen LogP contribution in [0.4, 0.5) is 0 Å². The minimum Gasteiger partial charge on any atom is -0.326 e. The average Bonchev–Trinajstić information content (AvgIpc) is 2.85. The normalized spacial score (nSPS) is 22.6. The summed E-state index contributed by atoms with van der Waals surface area (Å²) in [6, 6.07) is 3.48. The third kappa shape index (κ3) is 3.42. The van der Waals surface area contributed by atoms with Crippen LogP contribution in [-0.4, -0.2) is 48.1 Å². The van der Waals surface area contributed by atoms with Crippen molar-refractivity contribution >= 4 is 11.3 Å². The predicted molar refractivity (Wildman–Crippen MR) is 88.3 cm³/mol. The van der Waals surface area contributed by atoms with E-state index in [1.54, 1.807) is 0 Å². The predicted octanol–water partition coefficient (Wildman–Crippen LogP) is 2.86. The highest BCUT2D eigenvalue weighted by Crippen LogP contribution is 2.31. The van der Waals surface area contributed by atoms with Crippen molar-refractivity contribution in [2.24, 2.45) is 5.73 Å². The third-order valence-corrected chi connectivity index (χ3v) is 5.71. The standard InChI is InChI=1S/C16H29N3S/c1-5-13(3)18-7-9-19(10-8-18)15(14(4)17)16-12(2)6-11-20-16/h6,11,13-15H,5,7-10,17H2,1-4H3. The highest BCUT2D eigenvalue weighted by atomic mass is 32.1. The summed E-state index contributed by atoms with van der Waals surface area (Å²) in [5.74, 6) is 0. The lowest BCUT2D eigenvalue weighted by molar-refractivity contribution is 0.0662. The first-order valence-corrected chi connectivity index (χ1v) is 8.70. The second-order valence-corrected chi connectivity index (χ2v) is 7.05. The average molecular weight is 295 g/mol. The van der Waals surface area contributed by atoms with E-state index < -0.39 is 0 Å². The third-order valence-electron chi connectivity index (χ3n) is 4.62. The van der Waals surface area contributed by atoms with Gasteiger partial charge in [0.15, 0.2) is 0 Å². The summed E-state index contributed by atoms with van der Waals surface area (Å²) >= 11 is 1.86. The van der Waals surface area contributed by atoms with Crippen LogP contribution in [0, 0.1) is 6.92 Å². The fraction of sp³-hybridized carbons (Fsp3) is 0.750. The Balaban J connectivity index is 2.05. The van der Waals surface area contributed by atoms with Gasteiger partial charge in [-0.2, -0.15) is 0 Å². The molecule has 4 heteroatoms. The summed E-state index contributed by atoms with van der Waals surface area (Å²) in [6.45, 7) is 13.6. The van der Waals surface area contributed by atoms with Crippen molar-refractivity contribution in [1.82, 2.24) is 9.80 Å². The van der Waals surface area contributed by atoms with Crippen LogP contribution in [0.15, 0.2) is 11.4 Å². The molecule has 3 atom stereocenters. The summed E-state index contributed by atoms with van der Waals surface area (Å²) < 4.78 is 0. The number of hydrogen-bond acceptors (Lipinski definition) is 4. The summed E-state index contributed by atoms with van der Waals surface area (Å²) in [4.78, 5) is 6.65. The van der Waals surface area contributed by atoms with Crippen molar-refractivity contribution in [3.05, 3.63) is 21.9 Å². The van der Waals surface area contributed by atoms with E-state index in [1.807, 2.05) is 11.3 Å². The van der Waals surface area contributed by atoms with Crippen molar-refractivity contribution < 1.29 is 0 Å². The molecule has 1 aliphatic rings. The molecule has 3 nitrogen and oxygen atoms in total. The Kier molecular flexibility index (Phi) is 5.61. The van der Waals surface area contributed by atoms with Gasteiger partial charge in [-0.15, -0.1) is 11.3 Å². The van der Waals surface area contributed by atoms with Crippen LogP contribution >= 0.6 is 11.3 Å². The van der Waals surface area contributed by atoms with E-state index in [4.69, 9.17) is 5.73 Å². The van der Waals surface area contributed by atoms with Crippen LogP contribution < -0.4 is 5.73 Å². The minimum absolute atomic E-state index is 0.183. The zero-order chi connectivity index (χ0) is 14.7. The van der Waals surface area contributed by atoms with Crippen LogP contribution in [0.5, 0.6) is 0 Å². The zero-order valence-electron chi connectivity index (χ0n) is 13.3. The van der Waals surface area contributed by atoms with Crippen molar-refractivity contribution in [3.63, 3.8) is 0 Å². The fourth-order valence-corrected chi connectivity index (χ4v) is 4.31. The van der Waals surface area contributed by atoms with Crippen molar-refractivity contribution in [2.45, 2.75) is 52.2 Å². The molecule has 0 spiro atoms. The van der Waals surface area contributed by atoms with Crippen LogP contribution in [0.25, 0.3) is 0 Å². The molecule has 0 bridgehead atoms. The zero-order valence-corrected chi connectivity index (χ0v) is 14.1. The summed E-state index contributed by atoms with van der Waals surface area (Å²) in [5, 5.41) is 2.19. The Morgan fingerprint density at radius 1 is 1.20 bits per heavy atom. The second kappa shape index (κ2) is 7.03. The molecular formula is C16H29N3S. The van der Waals surface area contributed by atoms with Crippen LogP contribution in [-0.2, 0) is 0 Å². The monoisotopic (exact) mass is 295 g/mol. The van der Waals surface area contributed by atoms with Crippen LogP contribution in [0.1, 0.15) is 43.7 Å². The lowest BCUT2D eigenvalue weighted by Gasteiger charge is -2.42. The molecule has 1 aromatic heterocycles. The molecule has 2 heterocycles. The van der Waals surface area contributed by atoms with Crippen molar-refractivity contribution in [2.75, 3.05) is 26.2 Å². The molecule has 1 aliphatic heterocycles. The molecule has 1 fully saturated rings. The molecule has 2 N–H and O–H groups in total. The molecule has 0 radical (unpaired) electrons. The Morgan fingerprint density at radius 2 is 1.80 bits per heavy atom. The van der Waals surface area contributed by atoms with E-state index in [9.17, 15) is 0 Å². The van der Waals surface area contributed by atoms with Crippen LogP contribution in [0.3, 0.4) is 0 Å². The van der Waals surface area contributed by atoms with Gasteiger partial charge in [0, 0.05) is 43.1 Å². The fourth-order valence-electron chi connectivity index (χ4n) is 3.14. The van der Waals surface area contributed by atoms with E-state index in [0.29, 0.717) is 12.1 Å². The first-order valence-electron chi connectivity index (χ1n) is 7.82. The summed E-state index contributed by atoms with van der Waals surface area (Å²) in [5.41, 5.74) is 7.69. The Morgan fingerprint density at radius 3 is 2.25 bits per heavy atom. The highest BCUT2D eigenvalue weighted by molar-refractivity contribution is 7.10. The van der Waals surface area contributed by atoms with Gasteiger partial charge in [-0.1, -0.05) is 6.92 Å². The maximum Gasteiger partial charge on any atom is 0.0594 e. The lowest BCUT2D eigenvalue weighted by Crippen LogP contribution is -2.52. The van der Waals surface area contributed by atoms with Gasteiger partial charge in [-0.25, -0.2) is 0 Å². The Bertz CT molecular complexity index is 408. The SMILES string of the molecule is CCC(C)N1CCN(C(c2sccc2C)C(C)N)CC1. The maximum atomic E-state index is 6.30. The van der Waals surface area contributed by atoms with Gasteiger partial charge in [-0.3, -0.25) is 9.80 Å². The number of rotatable bonds is 5. The first-order chi connectivity index (χ1) is 9.54. The molecule has 1 aromatic rings. The highest BCUT2D eigenvalue weighted by Gasteiger charge is 2.30. The molecule has 0 aliphatic carbocycles. The van der Waals surface area contributed by atoms with E-state index in [0.717, 1.165) is 13.1 Å². The maximum absolute atomic E-state index is 6.30. The Hall–Kier alpha value is -0.420. The van der Waals surface area contributed by atoms with Gasteiger partial charge in [0.05, 0.1) is 6.04 Å². The van der Waals surface area contributed by atoms with Gasteiger partial charge in [0.25, 0.3) is 0 Å². The molecule has 0 aromatic carbocycles. The van der Waals surface area contributed by atoms with E-state index in [1.165, 1.54) is 30.0 Å². The number of nitrogens with zero attached hydrogens (tertiary/aromatic N) is 2. The van der Waals surface area contributed by atoms with Gasteiger partial charge >= 0.3 is 0 Å². The quantitative estimate of drug-likeness (QED) is 0.906. The number of hydrogen-bond donors (Lipinski definition) is 1. The summed E-state index contributed by atoms with van der Waals surface area (Å²) in [6.07, 6.45) is 1.24. The minimum atomic E-state index is 0.183. The number of nitrogens with two attached hydrogens (primary N) is 1. The van der Waals surface area contributed by atoms with E-state index in [-0.39, 0.29) is 6.04 Å². The molecule has 2 rings (SSSR count). The van der Waals surface area contributed by atoms with Crippen molar-refractivity contribution in [1.29, 1.82) is 0 Å². The Labute approximate surface area is 127 Å². The molecular weight excluding hydrogens is 266 g/mol. The van der Waals surface area contributed by atoms with Gasteiger partial charge < -0.3 is 5.73 Å². The van der Waals surface area contributed by atoms with Gasteiger partial charge in [0.2, 0.25) is 0 Å². The number of aryl methyl sites for hydroxylation is 1. The molecule has 114 valence electrons. The van der Waals surface area contributed by atoms with Crippen LogP contribution in [0.2, 0.25) is 0 Å². The number of thiophene rings is 1. The summed E-state index contributed by atoms with van der Waals surface area (Å²) in [7, 11) is 0. The number of piperazine rings is 1. The molecule has 0 amide bonds. The van der Waals surface area contributed by atoms with E-state index in [2.05, 4.69) is 48.9 Å². The van der Waals surface area contributed by atoms with Gasteiger partial charge in [-0.05, 0) is 44.2 Å². The van der Waals surface area contributed by atoms with E-state index >= 15 is 0 Å². The topological polar surface area (TPSA) is 32.5 Å². The molecule has 1 saturated heterocycles. The molecule has 0 saturated carbocycles. The first kappa shape index (κ1) is 16.0. The second-order valence-electron chi connectivity index (χ2n) is 6.10. The lowest BCUT2D eigenvalue weighted by atomic mass is 10.0. The molecule has 3 unspecified atom stereocenters. The van der Waals surface area contributed by atoms with Crippen molar-refractivity contribution in [3.8, 4) is 0 Å². The largest absolute Gasteiger partial charge is 0.326 e. The molecule has 20 heavy (non-hydrogen) atoms. The van der Waals surface area contributed by atoms with Gasteiger partial charge in [0.1, 0.15) is 0 Å². The smallest absolute Gasteiger partial charge is 0.0594 e.